The molecule has 12 heavy (non-hydrogen) atoms. The van der Waals surface area contributed by atoms with E-state index in [4.69, 9.17) is 9.84 Å². The fraction of sp³-hybridized carbons (Fsp3) is 0.800. The topological polar surface area (TPSA) is 29.5 Å². The molecule has 0 spiro atoms. The van der Waals surface area contributed by atoms with Crippen molar-refractivity contribution in [3.63, 3.8) is 0 Å². The molecule has 1 aliphatic rings. The average molecular weight is 170 g/mol. The van der Waals surface area contributed by atoms with Crippen LogP contribution in [0, 0.1) is 0 Å². The highest BCUT2D eigenvalue weighted by molar-refractivity contribution is 4.84. The highest BCUT2D eigenvalue weighted by Crippen LogP contribution is 2.15. The Hall–Kier alpha value is -0.340. The third-order valence-corrected chi connectivity index (χ3v) is 2.14. The molecule has 1 rings (SSSR count). The van der Waals surface area contributed by atoms with Crippen LogP contribution in [-0.2, 0) is 4.74 Å². The van der Waals surface area contributed by atoms with Crippen LogP contribution in [0.25, 0.3) is 0 Å². The lowest BCUT2D eigenvalue weighted by atomic mass is 10.1. The van der Waals surface area contributed by atoms with Gasteiger partial charge in [-0.15, -0.1) is 0 Å². The van der Waals surface area contributed by atoms with Gasteiger partial charge < -0.3 is 9.84 Å². The van der Waals surface area contributed by atoms with Gasteiger partial charge >= 0.3 is 0 Å². The smallest absolute Gasteiger partial charge is 0.0609 e. The van der Waals surface area contributed by atoms with Gasteiger partial charge in [0.1, 0.15) is 0 Å². The van der Waals surface area contributed by atoms with E-state index >= 15 is 0 Å². The van der Waals surface area contributed by atoms with Crippen molar-refractivity contribution in [2.24, 2.45) is 0 Å². The van der Waals surface area contributed by atoms with E-state index in [0.717, 1.165) is 19.4 Å². The average Bonchev–Trinajstić information content (AvgIpc) is 2.14. The molecule has 1 N–H and O–H groups in total. The van der Waals surface area contributed by atoms with Gasteiger partial charge in [-0.05, 0) is 32.1 Å². The Morgan fingerprint density at radius 2 is 2.25 bits per heavy atom. The van der Waals surface area contributed by atoms with Crippen LogP contribution in [0.3, 0.4) is 0 Å². The Bertz CT molecular complexity index is 126. The van der Waals surface area contributed by atoms with E-state index < -0.39 is 0 Å². The molecule has 0 bridgehead atoms. The molecule has 70 valence electrons. The molecule has 1 fully saturated rings. The van der Waals surface area contributed by atoms with Crippen molar-refractivity contribution in [2.45, 2.75) is 38.2 Å². The largest absolute Gasteiger partial charge is 0.396 e. The molecular weight excluding hydrogens is 152 g/mol. The molecule has 1 unspecified atom stereocenters. The lowest BCUT2D eigenvalue weighted by molar-refractivity contribution is 0.0184. The first-order valence-electron chi connectivity index (χ1n) is 4.81. The lowest BCUT2D eigenvalue weighted by Gasteiger charge is -2.20. The van der Waals surface area contributed by atoms with E-state index in [1.54, 1.807) is 0 Å². The Morgan fingerprint density at radius 1 is 1.33 bits per heavy atom. The summed E-state index contributed by atoms with van der Waals surface area (Å²) in [6, 6.07) is 0. The third kappa shape index (κ3) is 3.88. The van der Waals surface area contributed by atoms with Crippen LogP contribution in [0.4, 0.5) is 0 Å². The monoisotopic (exact) mass is 170 g/mol. The number of hydrogen-bond donors (Lipinski definition) is 1. The van der Waals surface area contributed by atoms with E-state index in [2.05, 4.69) is 6.08 Å². The summed E-state index contributed by atoms with van der Waals surface area (Å²) in [4.78, 5) is 0. The predicted molar refractivity (Wildman–Crippen MR) is 49.1 cm³/mol. The maximum absolute atomic E-state index is 8.52. The molecule has 1 saturated heterocycles. The Balaban J connectivity index is 2.04. The van der Waals surface area contributed by atoms with E-state index in [9.17, 15) is 0 Å². The number of ether oxygens (including phenoxy) is 1. The van der Waals surface area contributed by atoms with Gasteiger partial charge in [0, 0.05) is 13.2 Å². The van der Waals surface area contributed by atoms with Gasteiger partial charge in [0.2, 0.25) is 0 Å². The fourth-order valence-corrected chi connectivity index (χ4v) is 1.43. The zero-order valence-electron chi connectivity index (χ0n) is 7.54. The highest BCUT2D eigenvalue weighted by atomic mass is 16.5. The first-order valence-corrected chi connectivity index (χ1v) is 4.81. The van der Waals surface area contributed by atoms with Gasteiger partial charge in [-0.25, -0.2) is 0 Å². The van der Waals surface area contributed by atoms with Gasteiger partial charge in [-0.3, -0.25) is 0 Å². The Morgan fingerprint density at radius 3 is 2.92 bits per heavy atom. The van der Waals surface area contributed by atoms with Gasteiger partial charge in [-0.2, -0.15) is 0 Å². The van der Waals surface area contributed by atoms with Crippen molar-refractivity contribution >= 4 is 0 Å². The summed E-state index contributed by atoms with van der Waals surface area (Å²) in [5, 5.41) is 8.52. The number of rotatable bonds is 4. The molecule has 2 heteroatoms. The van der Waals surface area contributed by atoms with Crippen molar-refractivity contribution in [1.29, 1.82) is 0 Å². The predicted octanol–water partition coefficient (Wildman–Crippen LogP) is 1.88. The second-order valence-electron chi connectivity index (χ2n) is 3.21. The van der Waals surface area contributed by atoms with Crippen molar-refractivity contribution in [3.05, 3.63) is 12.2 Å². The number of aliphatic hydroxyl groups is 1. The summed E-state index contributed by atoms with van der Waals surface area (Å²) >= 11 is 0. The Labute approximate surface area is 74.2 Å². The first-order chi connectivity index (χ1) is 5.93. The quantitative estimate of drug-likeness (QED) is 0.653. The molecule has 2 nitrogen and oxygen atoms in total. The fourth-order valence-electron chi connectivity index (χ4n) is 1.43. The Kier molecular flexibility index (Phi) is 5.04. The second-order valence-corrected chi connectivity index (χ2v) is 3.21. The van der Waals surface area contributed by atoms with Crippen LogP contribution >= 0.6 is 0 Å². The molecule has 0 aromatic heterocycles. The summed E-state index contributed by atoms with van der Waals surface area (Å²) in [6.45, 7) is 1.18. The normalized spacial score (nSPS) is 24.9. The first kappa shape index (κ1) is 9.75. The molecule has 1 aliphatic heterocycles. The van der Waals surface area contributed by atoms with Crippen molar-refractivity contribution in [1.82, 2.24) is 0 Å². The van der Waals surface area contributed by atoms with Gasteiger partial charge in [0.25, 0.3) is 0 Å². The van der Waals surface area contributed by atoms with Crippen LogP contribution in [-0.4, -0.2) is 24.4 Å². The standard InChI is InChI=1S/C10H18O2/c11-8-4-1-2-6-10-7-3-5-9-12-10/h1-2,10-11H,3-9H2/b2-1-. The zero-order chi connectivity index (χ0) is 8.65. The van der Waals surface area contributed by atoms with Crippen molar-refractivity contribution in [3.8, 4) is 0 Å². The SMILES string of the molecule is OCC/C=C\CC1CCCCO1. The minimum atomic E-state index is 0.252. The molecule has 1 atom stereocenters. The lowest BCUT2D eigenvalue weighted by Crippen LogP contribution is -2.17. The third-order valence-electron chi connectivity index (χ3n) is 2.14. The zero-order valence-corrected chi connectivity index (χ0v) is 7.54. The molecule has 1 heterocycles. The van der Waals surface area contributed by atoms with Gasteiger partial charge in [0.05, 0.1) is 6.10 Å². The van der Waals surface area contributed by atoms with Crippen molar-refractivity contribution in [2.75, 3.05) is 13.2 Å². The van der Waals surface area contributed by atoms with Crippen LogP contribution in [0.5, 0.6) is 0 Å². The van der Waals surface area contributed by atoms with E-state index in [1.807, 2.05) is 6.08 Å². The molecule has 0 amide bonds. The van der Waals surface area contributed by atoms with Gasteiger partial charge in [0.15, 0.2) is 0 Å². The highest BCUT2D eigenvalue weighted by Gasteiger charge is 2.11. The number of aliphatic hydroxyl groups excluding tert-OH is 1. The van der Waals surface area contributed by atoms with Crippen LogP contribution < -0.4 is 0 Å². The molecule has 0 saturated carbocycles. The summed E-state index contributed by atoms with van der Waals surface area (Å²) < 4.78 is 5.54. The minimum Gasteiger partial charge on any atom is -0.396 e. The molecule has 0 aromatic carbocycles. The maximum Gasteiger partial charge on any atom is 0.0609 e. The van der Waals surface area contributed by atoms with Crippen LogP contribution in [0.15, 0.2) is 12.2 Å². The van der Waals surface area contributed by atoms with Crippen LogP contribution in [0.2, 0.25) is 0 Å². The summed E-state index contributed by atoms with van der Waals surface area (Å²) in [5.41, 5.74) is 0. The molecule has 0 aliphatic carbocycles. The molecule has 0 aromatic rings. The van der Waals surface area contributed by atoms with Crippen molar-refractivity contribution < 1.29 is 9.84 Å². The van der Waals surface area contributed by atoms with E-state index in [0.29, 0.717) is 6.10 Å². The minimum absolute atomic E-state index is 0.252. The van der Waals surface area contributed by atoms with E-state index in [1.165, 1.54) is 19.3 Å². The molecule has 0 radical (unpaired) electrons. The summed E-state index contributed by atoms with van der Waals surface area (Å²) in [5.74, 6) is 0. The van der Waals surface area contributed by atoms with E-state index in [-0.39, 0.29) is 6.61 Å². The summed E-state index contributed by atoms with van der Waals surface area (Å²) in [7, 11) is 0. The number of hydrogen-bond acceptors (Lipinski definition) is 2. The van der Waals surface area contributed by atoms with Crippen LogP contribution in [0.1, 0.15) is 32.1 Å². The second kappa shape index (κ2) is 6.21. The van der Waals surface area contributed by atoms with Gasteiger partial charge in [-0.1, -0.05) is 12.2 Å². The molecular formula is C10H18O2. The maximum atomic E-state index is 8.52. The summed E-state index contributed by atoms with van der Waals surface area (Å²) in [6.07, 6.45) is 10.1.